The van der Waals surface area contributed by atoms with E-state index in [1.807, 2.05) is 0 Å². The second-order valence-electron chi connectivity index (χ2n) is 11.3. The number of nitrogens with one attached hydrogen (secondary N) is 2. The second-order valence-corrected chi connectivity index (χ2v) is 11.3. The number of morpholine rings is 1. The molecule has 0 radical (unpaired) electrons. The van der Waals surface area contributed by atoms with Gasteiger partial charge in [-0.3, -0.25) is 19.3 Å². The van der Waals surface area contributed by atoms with Crippen molar-refractivity contribution in [3.05, 3.63) is 28.1 Å². The summed E-state index contributed by atoms with van der Waals surface area (Å²) in [6.07, 6.45) is -0.470. The highest BCUT2D eigenvalue weighted by Gasteiger charge is 2.65. The van der Waals surface area contributed by atoms with Gasteiger partial charge in [0.25, 0.3) is 5.91 Å². The number of phenols is 6. The number of aromatic hydroxyl groups is 6. The van der Waals surface area contributed by atoms with Crippen molar-refractivity contribution < 1.29 is 69.5 Å². The lowest BCUT2D eigenvalue weighted by molar-refractivity contribution is -0.240. The molecule has 0 spiro atoms. The van der Waals surface area contributed by atoms with Crippen LogP contribution in [0.4, 0.5) is 10.1 Å². The van der Waals surface area contributed by atoms with Crippen LogP contribution in [0.25, 0.3) is 0 Å². The molecule has 20 heteroatoms. The number of rotatable bonds is 10. The molecule has 4 rings (SSSR count). The first-order chi connectivity index (χ1) is 21.4. The van der Waals surface area contributed by atoms with Gasteiger partial charge in [-0.05, 0) is 0 Å². The summed E-state index contributed by atoms with van der Waals surface area (Å²) >= 11 is 0. The van der Waals surface area contributed by atoms with E-state index in [-0.39, 0.29) is 17.7 Å². The Hall–Kier alpha value is -4.49. The summed E-state index contributed by atoms with van der Waals surface area (Å²) in [5, 5.41) is 100. The maximum absolute atomic E-state index is 15.4. The molecule has 2 unspecified atom stereocenters. The van der Waals surface area contributed by atoms with Crippen molar-refractivity contribution in [1.29, 1.82) is 0 Å². The van der Waals surface area contributed by atoms with Crippen LogP contribution in [-0.4, -0.2) is 140 Å². The predicted octanol–water partition coefficient (Wildman–Crippen LogP) is -4.26. The summed E-state index contributed by atoms with van der Waals surface area (Å²) in [6, 6.07) is 0. The van der Waals surface area contributed by atoms with Crippen molar-refractivity contribution in [2.24, 2.45) is 0 Å². The Morgan fingerprint density at radius 3 is 2.11 bits per heavy atom. The first kappa shape index (κ1) is 34.4. The molecule has 1 saturated heterocycles. The summed E-state index contributed by atoms with van der Waals surface area (Å²) in [7, 11) is 2.66. The molecule has 11 N–H and O–H groups in total. The quantitative estimate of drug-likeness (QED) is 0.0382. The lowest BCUT2D eigenvalue weighted by atomic mass is 9.51. The summed E-state index contributed by atoms with van der Waals surface area (Å²) < 4.78 is 20.6. The number of phenolic OH excluding ortho intramolecular Hbond substituents is 6. The van der Waals surface area contributed by atoms with Gasteiger partial charge in [-0.25, -0.2) is 4.39 Å². The Bertz CT molecular complexity index is 1570. The number of nitrogens with zero attached hydrogens (tertiary/aromatic N) is 2. The Morgan fingerprint density at radius 2 is 1.54 bits per heavy atom. The van der Waals surface area contributed by atoms with Gasteiger partial charge in [0.2, 0.25) is 17.4 Å². The van der Waals surface area contributed by atoms with Crippen LogP contribution in [0.15, 0.2) is 0 Å². The zero-order valence-corrected chi connectivity index (χ0v) is 25.0. The first-order valence-electron chi connectivity index (χ1n) is 13.8. The van der Waals surface area contributed by atoms with Gasteiger partial charge < -0.3 is 66.2 Å². The molecule has 2 aromatic rings. The molecule has 2 heterocycles. The van der Waals surface area contributed by atoms with E-state index in [9.17, 15) is 60.3 Å². The lowest BCUT2D eigenvalue weighted by Gasteiger charge is -2.50. The van der Waals surface area contributed by atoms with Crippen molar-refractivity contribution in [2.75, 3.05) is 38.7 Å². The fraction of sp³-hybridized carbons (Fsp3) is 0.423. The Kier molecular flexibility index (Phi) is 8.99. The van der Waals surface area contributed by atoms with Crippen LogP contribution in [0.5, 0.6) is 34.5 Å². The smallest absolute Gasteiger partial charge is 0.258 e. The Labute approximate surface area is 261 Å². The van der Waals surface area contributed by atoms with Crippen LogP contribution in [0.3, 0.4) is 0 Å². The maximum atomic E-state index is 15.4. The molecule has 2 aliphatic rings. The van der Waals surface area contributed by atoms with E-state index in [1.54, 1.807) is 4.90 Å². The minimum Gasteiger partial charge on any atom is -0.504 e. The fourth-order valence-electron chi connectivity index (χ4n) is 5.64. The number of carbonyl (C=O) groups is 3. The summed E-state index contributed by atoms with van der Waals surface area (Å²) in [4.78, 5) is 40.6. The summed E-state index contributed by atoms with van der Waals surface area (Å²) in [6.45, 7) is -0.173. The monoisotopic (exact) mass is 650 g/mol. The van der Waals surface area contributed by atoms with Crippen LogP contribution in [0, 0.1) is 5.82 Å². The van der Waals surface area contributed by atoms with Crippen LogP contribution in [0.1, 0.15) is 27.0 Å². The number of carbonyl (C=O) groups excluding carboxylic acids is 3. The number of anilines is 1. The van der Waals surface area contributed by atoms with Crippen molar-refractivity contribution >= 4 is 39.5 Å². The Balaban J connectivity index is 1.77. The van der Waals surface area contributed by atoms with Gasteiger partial charge in [-0.15, -0.1) is 0 Å². The van der Waals surface area contributed by atoms with E-state index >= 15 is 4.39 Å². The minimum absolute atomic E-state index is 0.127. The van der Waals surface area contributed by atoms with Gasteiger partial charge in [0.05, 0.1) is 35.6 Å². The number of ether oxygens (including phenoxy) is 1. The normalized spacial score (nSPS) is 18.0. The van der Waals surface area contributed by atoms with Crippen LogP contribution < -0.4 is 10.6 Å². The minimum atomic E-state index is -3.61. The second kappa shape index (κ2) is 12.0. The van der Waals surface area contributed by atoms with Crippen LogP contribution in [0.2, 0.25) is 0 Å². The van der Waals surface area contributed by atoms with Gasteiger partial charge in [-0.2, -0.15) is 0 Å². The zero-order valence-electron chi connectivity index (χ0n) is 25.0. The van der Waals surface area contributed by atoms with E-state index in [0.29, 0.717) is 39.0 Å². The van der Waals surface area contributed by atoms with E-state index < -0.39 is 105 Å². The van der Waals surface area contributed by atoms with E-state index in [2.05, 4.69) is 10.6 Å². The molecule has 17 nitrogen and oxygen atoms in total. The molecular weight excluding hydrogens is 617 g/mol. The van der Waals surface area contributed by atoms with E-state index in [4.69, 9.17) is 4.74 Å². The van der Waals surface area contributed by atoms with Crippen molar-refractivity contribution in [3.8, 4) is 34.5 Å². The predicted molar refractivity (Wildman–Crippen MR) is 158 cm³/mol. The average molecular weight is 650 g/mol. The molecular formula is C26H33B2FN4O13. The summed E-state index contributed by atoms with van der Waals surface area (Å²) in [5.74, 6) is -13.7. The topological polar surface area (TPSA) is 273 Å². The third-order valence-electron chi connectivity index (χ3n) is 8.82. The number of hydrogen-bond acceptors (Lipinski definition) is 15. The molecule has 2 aromatic carbocycles. The highest BCUT2D eigenvalue weighted by Crippen LogP contribution is 2.52. The number of amides is 2. The number of hydrogen-bond donors (Lipinski definition) is 11. The van der Waals surface area contributed by atoms with Gasteiger partial charge in [0, 0.05) is 45.3 Å². The molecule has 248 valence electrons. The molecule has 1 fully saturated rings. The maximum Gasteiger partial charge on any atom is 0.258 e. The molecule has 0 bridgehead atoms. The SMILES string of the molecule is BC(C(=O)NC)(N1Cc2c(NCc3c(O)c(O)c(CN4CCOCC4)c(O)c3F)c(O)c(O)c(O)c2C1=O)C(B)(O)C(O)(O)C=O. The lowest BCUT2D eigenvalue weighted by Crippen LogP contribution is -2.79. The van der Waals surface area contributed by atoms with E-state index in [0.717, 1.165) is 14.9 Å². The van der Waals surface area contributed by atoms with Crippen LogP contribution >= 0.6 is 0 Å². The number of fused-ring (bicyclic) bond motifs is 1. The van der Waals surface area contributed by atoms with Gasteiger partial charge in [0.1, 0.15) is 10.9 Å². The van der Waals surface area contributed by atoms with Gasteiger partial charge in [0.15, 0.2) is 56.5 Å². The molecule has 0 saturated carbocycles. The number of aliphatic hydroxyl groups is 3. The third kappa shape index (κ3) is 5.07. The third-order valence-corrected chi connectivity index (χ3v) is 8.82. The highest BCUT2D eigenvalue weighted by atomic mass is 19.1. The molecule has 2 atom stereocenters. The standard InChI is InChI=1S/C26H33B2FN4O13/c1-30-23(42)25(27,26(28,45)24(43,44)9-34)33-8-11-13(22(33)41)19(38)21(40)20(39)15(11)31-6-10-14(29)16(35)12(18(37)17(10)36)7-32-2-4-46-5-3-32/h9,31,35-40,43-45H,2-8,27-28H2,1H3,(H,30,42). The molecule has 2 aliphatic heterocycles. The van der Waals surface area contributed by atoms with E-state index in [1.165, 1.54) is 0 Å². The summed E-state index contributed by atoms with van der Waals surface area (Å²) in [5.41, 5.74) is -8.44. The fourth-order valence-corrected chi connectivity index (χ4v) is 5.64. The van der Waals surface area contributed by atoms with Crippen molar-refractivity contribution in [1.82, 2.24) is 15.1 Å². The molecule has 46 heavy (non-hydrogen) atoms. The molecule has 0 aliphatic carbocycles. The van der Waals surface area contributed by atoms with Crippen molar-refractivity contribution in [3.63, 3.8) is 0 Å². The van der Waals surface area contributed by atoms with Crippen molar-refractivity contribution in [2.45, 2.75) is 36.4 Å². The average Bonchev–Trinajstić information content (AvgIpc) is 3.38. The number of benzene rings is 2. The van der Waals surface area contributed by atoms with Gasteiger partial charge in [-0.1, -0.05) is 0 Å². The van der Waals surface area contributed by atoms with Gasteiger partial charge >= 0.3 is 0 Å². The number of aldehydes is 1. The first-order valence-corrected chi connectivity index (χ1v) is 13.8. The highest BCUT2D eigenvalue weighted by molar-refractivity contribution is 6.38. The van der Waals surface area contributed by atoms with Crippen LogP contribution in [-0.2, 0) is 34.0 Å². The largest absolute Gasteiger partial charge is 0.504 e. The molecule has 2 amide bonds. The number of halogens is 1. The zero-order chi connectivity index (χ0) is 34.5. The Morgan fingerprint density at radius 1 is 0.957 bits per heavy atom. The molecule has 0 aromatic heterocycles. The number of likely N-dealkylation sites (N-methyl/N-ethyl adjacent to an activating group) is 1.